The van der Waals surface area contributed by atoms with Gasteiger partial charge >= 0.3 is 0 Å². The van der Waals surface area contributed by atoms with Crippen LogP contribution in [0.5, 0.6) is 5.75 Å². The van der Waals surface area contributed by atoms with Crippen molar-refractivity contribution >= 4 is 22.4 Å². The lowest BCUT2D eigenvalue weighted by Gasteiger charge is -2.13. The molecule has 0 unspecified atom stereocenters. The van der Waals surface area contributed by atoms with E-state index in [1.165, 1.54) is 0 Å². The van der Waals surface area contributed by atoms with Gasteiger partial charge in [-0.3, -0.25) is 4.98 Å². The molecule has 22 heavy (non-hydrogen) atoms. The van der Waals surface area contributed by atoms with Gasteiger partial charge in [0.15, 0.2) is 0 Å². The third-order valence-electron chi connectivity index (χ3n) is 3.35. The van der Waals surface area contributed by atoms with Crippen LogP contribution in [0, 0.1) is 0 Å². The van der Waals surface area contributed by atoms with Crippen LogP contribution in [-0.2, 0) is 6.54 Å². The zero-order valence-electron chi connectivity index (χ0n) is 12.4. The molecule has 0 fully saturated rings. The second kappa shape index (κ2) is 6.27. The Morgan fingerprint density at radius 3 is 2.64 bits per heavy atom. The van der Waals surface area contributed by atoms with E-state index in [2.05, 4.69) is 34.0 Å². The van der Waals surface area contributed by atoms with Crippen molar-refractivity contribution < 1.29 is 4.74 Å². The minimum absolute atomic E-state index is 0.298. The third-order valence-corrected chi connectivity index (χ3v) is 3.56. The molecule has 0 N–H and O–H groups in total. The van der Waals surface area contributed by atoms with Crippen molar-refractivity contribution in [3.8, 4) is 5.75 Å². The van der Waals surface area contributed by atoms with Crippen LogP contribution >= 0.6 is 11.6 Å². The van der Waals surface area contributed by atoms with Crippen LogP contribution in [0.25, 0.3) is 10.8 Å². The minimum atomic E-state index is 0.298. The number of halogens is 1. The molecule has 3 rings (SSSR count). The van der Waals surface area contributed by atoms with E-state index in [-0.39, 0.29) is 0 Å². The summed E-state index contributed by atoms with van der Waals surface area (Å²) < 4.78 is 7.70. The van der Waals surface area contributed by atoms with Gasteiger partial charge in [0.2, 0.25) is 0 Å². The normalized spacial score (nSPS) is 11.3. The summed E-state index contributed by atoms with van der Waals surface area (Å²) in [6.45, 7) is 5.37. The number of rotatable bonds is 5. The molecule has 0 spiro atoms. The molecule has 6 nitrogen and oxygen atoms in total. The first-order valence-electron chi connectivity index (χ1n) is 7.04. The van der Waals surface area contributed by atoms with E-state index < -0.39 is 0 Å². The molecule has 0 amide bonds. The molecular formula is C15H16ClN5O. The number of hydrogen-bond acceptors (Lipinski definition) is 5. The standard InChI is InChI=1S/C15H16ClN5O/c1-10(2)15-11-5-14(16)17-6-12(11)13(7-18-15)22-4-3-21-8-19-20-9-21/h5-10H,3-4H2,1-2H3. The largest absolute Gasteiger partial charge is 0.489 e. The number of pyridine rings is 2. The van der Waals surface area contributed by atoms with Gasteiger partial charge in [-0.05, 0) is 12.0 Å². The van der Waals surface area contributed by atoms with Crippen LogP contribution in [0.2, 0.25) is 5.15 Å². The van der Waals surface area contributed by atoms with Gasteiger partial charge < -0.3 is 9.30 Å². The molecule has 0 bridgehead atoms. The van der Waals surface area contributed by atoms with E-state index in [9.17, 15) is 0 Å². The van der Waals surface area contributed by atoms with Crippen LogP contribution in [-0.4, -0.2) is 31.3 Å². The summed E-state index contributed by atoms with van der Waals surface area (Å²) in [6.07, 6.45) is 6.80. The molecule has 0 atom stereocenters. The molecule has 3 aromatic heterocycles. The molecule has 0 saturated heterocycles. The van der Waals surface area contributed by atoms with Crippen LogP contribution in [0.3, 0.4) is 0 Å². The molecule has 3 aromatic rings. The number of aromatic nitrogens is 5. The summed E-state index contributed by atoms with van der Waals surface area (Å²) in [5, 5.41) is 9.88. The quantitative estimate of drug-likeness (QED) is 0.677. The minimum Gasteiger partial charge on any atom is -0.489 e. The average Bonchev–Trinajstić information content (AvgIpc) is 3.00. The molecule has 0 aliphatic carbocycles. The number of fused-ring (bicyclic) bond motifs is 1. The topological polar surface area (TPSA) is 65.7 Å². The molecular weight excluding hydrogens is 302 g/mol. The lowest BCUT2D eigenvalue weighted by Crippen LogP contribution is -2.07. The van der Waals surface area contributed by atoms with Gasteiger partial charge in [0, 0.05) is 17.0 Å². The highest BCUT2D eigenvalue weighted by atomic mass is 35.5. The van der Waals surface area contributed by atoms with E-state index in [1.54, 1.807) is 25.0 Å². The monoisotopic (exact) mass is 317 g/mol. The molecule has 7 heteroatoms. The Labute approximate surface area is 133 Å². The predicted octanol–water partition coefficient (Wildman–Crippen LogP) is 3.08. The number of hydrogen-bond donors (Lipinski definition) is 0. The zero-order valence-corrected chi connectivity index (χ0v) is 13.2. The van der Waals surface area contributed by atoms with Gasteiger partial charge in [-0.1, -0.05) is 25.4 Å². The Balaban J connectivity index is 1.88. The van der Waals surface area contributed by atoms with Crippen molar-refractivity contribution in [3.63, 3.8) is 0 Å². The lowest BCUT2D eigenvalue weighted by molar-refractivity contribution is 0.300. The van der Waals surface area contributed by atoms with Crippen LogP contribution in [0.15, 0.2) is 31.1 Å². The summed E-state index contributed by atoms with van der Waals surface area (Å²) in [5.74, 6) is 1.00. The van der Waals surface area contributed by atoms with Crippen molar-refractivity contribution in [3.05, 3.63) is 42.0 Å². The molecule has 114 valence electrons. The van der Waals surface area contributed by atoms with Gasteiger partial charge in [-0.2, -0.15) is 0 Å². The average molecular weight is 318 g/mol. The highest BCUT2D eigenvalue weighted by Gasteiger charge is 2.12. The van der Waals surface area contributed by atoms with Crippen LogP contribution in [0.4, 0.5) is 0 Å². The summed E-state index contributed by atoms with van der Waals surface area (Å²) in [5.41, 5.74) is 0.991. The first-order chi connectivity index (χ1) is 10.6. The van der Waals surface area contributed by atoms with Gasteiger partial charge in [0.1, 0.15) is 30.2 Å². The van der Waals surface area contributed by atoms with Crippen molar-refractivity contribution in [2.45, 2.75) is 26.3 Å². The van der Waals surface area contributed by atoms with Gasteiger partial charge in [0.05, 0.1) is 18.4 Å². The Morgan fingerprint density at radius 1 is 1.14 bits per heavy atom. The SMILES string of the molecule is CC(C)c1ncc(OCCn2cnnc2)c2cnc(Cl)cc12. The van der Waals surface area contributed by atoms with E-state index in [0.717, 1.165) is 16.5 Å². The van der Waals surface area contributed by atoms with E-state index in [1.807, 2.05) is 10.6 Å². The molecule has 0 aromatic carbocycles. The van der Waals surface area contributed by atoms with Crippen molar-refractivity contribution in [1.82, 2.24) is 24.7 Å². The van der Waals surface area contributed by atoms with Crippen molar-refractivity contribution in [2.75, 3.05) is 6.61 Å². The lowest BCUT2D eigenvalue weighted by atomic mass is 10.0. The Hall–Kier alpha value is -2.21. The van der Waals surface area contributed by atoms with E-state index in [4.69, 9.17) is 16.3 Å². The first kappa shape index (κ1) is 14.7. The zero-order chi connectivity index (χ0) is 15.5. The predicted molar refractivity (Wildman–Crippen MR) is 84.2 cm³/mol. The van der Waals surface area contributed by atoms with Gasteiger partial charge in [-0.15, -0.1) is 10.2 Å². The van der Waals surface area contributed by atoms with E-state index >= 15 is 0 Å². The highest BCUT2D eigenvalue weighted by Crippen LogP contribution is 2.31. The second-order valence-corrected chi connectivity index (χ2v) is 5.65. The smallest absolute Gasteiger partial charge is 0.147 e. The van der Waals surface area contributed by atoms with E-state index in [0.29, 0.717) is 30.0 Å². The maximum atomic E-state index is 6.02. The second-order valence-electron chi connectivity index (χ2n) is 5.26. The summed E-state index contributed by atoms with van der Waals surface area (Å²) >= 11 is 6.02. The molecule has 0 aliphatic rings. The molecule has 3 heterocycles. The van der Waals surface area contributed by atoms with Crippen molar-refractivity contribution in [1.29, 1.82) is 0 Å². The first-order valence-corrected chi connectivity index (χ1v) is 7.42. The van der Waals surface area contributed by atoms with Gasteiger partial charge in [0.25, 0.3) is 0 Å². The summed E-state index contributed by atoms with van der Waals surface area (Å²) in [7, 11) is 0. The van der Waals surface area contributed by atoms with Crippen LogP contribution < -0.4 is 4.74 Å². The summed E-state index contributed by atoms with van der Waals surface area (Å²) in [4.78, 5) is 8.68. The molecule has 0 radical (unpaired) electrons. The maximum Gasteiger partial charge on any atom is 0.147 e. The van der Waals surface area contributed by atoms with Crippen LogP contribution in [0.1, 0.15) is 25.5 Å². The Bertz CT molecular complexity index is 773. The Kier molecular flexibility index (Phi) is 4.20. The fourth-order valence-corrected chi connectivity index (χ4v) is 2.44. The molecule has 0 aliphatic heterocycles. The fourth-order valence-electron chi connectivity index (χ4n) is 2.28. The highest BCUT2D eigenvalue weighted by molar-refractivity contribution is 6.30. The number of ether oxygens (including phenoxy) is 1. The van der Waals surface area contributed by atoms with Crippen molar-refractivity contribution in [2.24, 2.45) is 0 Å². The Morgan fingerprint density at radius 2 is 1.91 bits per heavy atom. The summed E-state index contributed by atoms with van der Waals surface area (Å²) in [6, 6.07) is 1.84. The number of nitrogens with zero attached hydrogens (tertiary/aromatic N) is 5. The van der Waals surface area contributed by atoms with Gasteiger partial charge in [-0.25, -0.2) is 4.98 Å². The third kappa shape index (κ3) is 3.01. The maximum absolute atomic E-state index is 6.02. The molecule has 0 saturated carbocycles. The fraction of sp³-hybridized carbons (Fsp3) is 0.333.